The van der Waals surface area contributed by atoms with Crippen molar-refractivity contribution in [2.75, 3.05) is 44.7 Å². The molecular weight excluding hydrogens is 376 g/mol. The first-order valence-corrected chi connectivity index (χ1v) is 9.66. The average Bonchev–Trinajstić information content (AvgIpc) is 2.70. The fraction of sp³-hybridized carbons (Fsp3) is 0.333. The first-order chi connectivity index (χ1) is 13.5. The summed E-state index contributed by atoms with van der Waals surface area (Å²) >= 11 is 5.95. The fourth-order valence-electron chi connectivity index (χ4n) is 3.47. The molecule has 6 nitrogen and oxygen atoms in total. The highest BCUT2D eigenvalue weighted by Gasteiger charge is 2.29. The van der Waals surface area contributed by atoms with Crippen LogP contribution in [-0.2, 0) is 9.59 Å². The first kappa shape index (κ1) is 20.3. The van der Waals surface area contributed by atoms with E-state index < -0.39 is 6.04 Å². The second-order valence-electron chi connectivity index (χ2n) is 6.96. The maximum absolute atomic E-state index is 12.6. The van der Waals surface area contributed by atoms with Crippen LogP contribution in [0.2, 0.25) is 5.02 Å². The summed E-state index contributed by atoms with van der Waals surface area (Å²) in [4.78, 5) is 30.5. The molecule has 1 aliphatic heterocycles. The van der Waals surface area contributed by atoms with Crippen LogP contribution in [0.25, 0.3) is 0 Å². The summed E-state index contributed by atoms with van der Waals surface area (Å²) < 4.78 is 0. The SMILES string of the molecule is CN(C(=O)CN1CCN(C(C(N)=O)c2ccc(Cl)cc2)CC1)c1ccccc1. The Morgan fingerprint density at radius 3 is 2.21 bits per heavy atom. The molecule has 7 heteroatoms. The molecule has 0 aromatic heterocycles. The molecule has 1 fully saturated rings. The Labute approximate surface area is 170 Å². The highest BCUT2D eigenvalue weighted by molar-refractivity contribution is 6.30. The number of primary amides is 1. The number of anilines is 1. The minimum Gasteiger partial charge on any atom is -0.368 e. The maximum atomic E-state index is 12.6. The minimum atomic E-state index is -0.484. The van der Waals surface area contributed by atoms with Crippen molar-refractivity contribution < 1.29 is 9.59 Å². The number of hydrogen-bond donors (Lipinski definition) is 1. The van der Waals surface area contributed by atoms with Gasteiger partial charge in [-0.2, -0.15) is 0 Å². The predicted octanol–water partition coefficient (Wildman–Crippen LogP) is 2.15. The Hall–Kier alpha value is -2.41. The molecule has 0 aliphatic carbocycles. The summed E-state index contributed by atoms with van der Waals surface area (Å²) in [7, 11) is 1.79. The monoisotopic (exact) mass is 400 g/mol. The van der Waals surface area contributed by atoms with Gasteiger partial charge in [0.05, 0.1) is 6.54 Å². The average molecular weight is 401 g/mol. The molecule has 1 aliphatic rings. The van der Waals surface area contributed by atoms with Crippen LogP contribution in [0.15, 0.2) is 54.6 Å². The summed E-state index contributed by atoms with van der Waals surface area (Å²) in [5, 5.41) is 0.623. The zero-order chi connectivity index (χ0) is 20.1. The van der Waals surface area contributed by atoms with E-state index in [0.29, 0.717) is 37.7 Å². The number of benzene rings is 2. The van der Waals surface area contributed by atoms with Gasteiger partial charge in [-0.15, -0.1) is 0 Å². The van der Waals surface area contributed by atoms with Gasteiger partial charge >= 0.3 is 0 Å². The van der Waals surface area contributed by atoms with Crippen LogP contribution in [0.4, 0.5) is 5.69 Å². The van der Waals surface area contributed by atoms with Gasteiger partial charge in [0.15, 0.2) is 0 Å². The van der Waals surface area contributed by atoms with Crippen LogP contribution < -0.4 is 10.6 Å². The van der Waals surface area contributed by atoms with Crippen molar-refractivity contribution in [1.82, 2.24) is 9.80 Å². The normalized spacial score (nSPS) is 16.5. The molecule has 2 aromatic rings. The Bertz CT molecular complexity index is 805. The summed E-state index contributed by atoms with van der Waals surface area (Å²) in [6, 6.07) is 16.3. The van der Waals surface area contributed by atoms with Crippen LogP contribution >= 0.6 is 11.6 Å². The first-order valence-electron chi connectivity index (χ1n) is 9.28. The summed E-state index contributed by atoms with van der Waals surface area (Å²) in [6.45, 7) is 3.08. The Kier molecular flexibility index (Phi) is 6.67. The zero-order valence-electron chi connectivity index (χ0n) is 15.9. The number of piperazine rings is 1. The van der Waals surface area contributed by atoms with Crippen LogP contribution in [0.5, 0.6) is 0 Å². The number of halogens is 1. The van der Waals surface area contributed by atoms with Crippen molar-refractivity contribution >= 4 is 29.1 Å². The van der Waals surface area contributed by atoms with Crippen LogP contribution in [0.3, 0.4) is 0 Å². The second kappa shape index (κ2) is 9.19. The van der Waals surface area contributed by atoms with Gasteiger partial charge in [-0.3, -0.25) is 19.4 Å². The Morgan fingerprint density at radius 1 is 1.04 bits per heavy atom. The maximum Gasteiger partial charge on any atom is 0.240 e. The number of rotatable bonds is 6. The molecule has 0 spiro atoms. The Morgan fingerprint density at radius 2 is 1.64 bits per heavy atom. The van der Waals surface area contributed by atoms with Gasteiger partial charge in [0.25, 0.3) is 0 Å². The predicted molar refractivity (Wildman–Crippen MR) is 111 cm³/mol. The van der Waals surface area contributed by atoms with Gasteiger partial charge in [0, 0.05) is 43.9 Å². The molecule has 1 unspecified atom stereocenters. The second-order valence-corrected chi connectivity index (χ2v) is 7.39. The number of hydrogen-bond acceptors (Lipinski definition) is 4. The van der Waals surface area contributed by atoms with Crippen molar-refractivity contribution in [2.45, 2.75) is 6.04 Å². The number of nitrogens with two attached hydrogens (primary N) is 1. The molecule has 0 saturated carbocycles. The number of para-hydroxylation sites is 1. The molecule has 0 bridgehead atoms. The number of amides is 2. The van der Waals surface area contributed by atoms with Crippen LogP contribution in [-0.4, -0.2) is 61.4 Å². The summed E-state index contributed by atoms with van der Waals surface area (Å²) in [6.07, 6.45) is 0. The van der Waals surface area contributed by atoms with Crippen molar-refractivity contribution in [1.29, 1.82) is 0 Å². The van der Waals surface area contributed by atoms with Gasteiger partial charge in [-0.1, -0.05) is 41.9 Å². The molecule has 1 saturated heterocycles. The number of carbonyl (C=O) groups is 2. The summed E-state index contributed by atoms with van der Waals surface area (Å²) in [5.74, 6) is -0.334. The Balaban J connectivity index is 1.58. The van der Waals surface area contributed by atoms with Gasteiger partial charge in [0.2, 0.25) is 11.8 Å². The lowest BCUT2D eigenvalue weighted by Crippen LogP contribution is -2.52. The quantitative estimate of drug-likeness (QED) is 0.806. The zero-order valence-corrected chi connectivity index (χ0v) is 16.7. The van der Waals surface area contributed by atoms with Gasteiger partial charge in [0.1, 0.15) is 6.04 Å². The molecule has 2 amide bonds. The third-order valence-corrected chi connectivity index (χ3v) is 5.36. The summed E-state index contributed by atoms with van der Waals surface area (Å²) in [5.41, 5.74) is 7.38. The van der Waals surface area contributed by atoms with E-state index in [1.165, 1.54) is 0 Å². The molecule has 3 rings (SSSR count). The van der Waals surface area contributed by atoms with E-state index in [9.17, 15) is 9.59 Å². The molecule has 148 valence electrons. The molecule has 0 radical (unpaired) electrons. The topological polar surface area (TPSA) is 69.9 Å². The van der Waals surface area contributed by atoms with E-state index in [2.05, 4.69) is 9.80 Å². The van der Waals surface area contributed by atoms with Crippen LogP contribution in [0.1, 0.15) is 11.6 Å². The molecule has 1 atom stereocenters. The van der Waals surface area contributed by atoms with Crippen LogP contribution in [0, 0.1) is 0 Å². The van der Waals surface area contributed by atoms with E-state index in [1.807, 2.05) is 42.5 Å². The smallest absolute Gasteiger partial charge is 0.240 e. The third kappa shape index (κ3) is 4.90. The highest BCUT2D eigenvalue weighted by atomic mass is 35.5. The van der Waals surface area contributed by atoms with Gasteiger partial charge < -0.3 is 10.6 Å². The molecule has 2 N–H and O–H groups in total. The van der Waals surface area contributed by atoms with E-state index in [4.69, 9.17) is 17.3 Å². The third-order valence-electron chi connectivity index (χ3n) is 5.10. The van der Waals surface area contributed by atoms with E-state index in [1.54, 1.807) is 24.1 Å². The van der Waals surface area contributed by atoms with Crippen molar-refractivity contribution in [3.05, 3.63) is 65.2 Å². The van der Waals surface area contributed by atoms with E-state index in [0.717, 1.165) is 11.3 Å². The van der Waals surface area contributed by atoms with E-state index in [-0.39, 0.29) is 11.8 Å². The lowest BCUT2D eigenvalue weighted by atomic mass is 10.0. The number of carbonyl (C=O) groups excluding carboxylic acids is 2. The van der Waals surface area contributed by atoms with Crippen molar-refractivity contribution in [2.24, 2.45) is 5.73 Å². The minimum absolute atomic E-state index is 0.0452. The standard InChI is InChI=1S/C21H25ClN4O2/c1-24(18-5-3-2-4-6-18)19(27)15-25-11-13-26(14-12-25)20(21(23)28)16-7-9-17(22)10-8-16/h2-10,20H,11-15H2,1H3,(H2,23,28). The number of likely N-dealkylation sites (N-methyl/N-ethyl adjacent to an activating group) is 1. The van der Waals surface area contributed by atoms with Gasteiger partial charge in [-0.25, -0.2) is 0 Å². The van der Waals surface area contributed by atoms with Gasteiger partial charge in [-0.05, 0) is 29.8 Å². The number of nitrogens with zero attached hydrogens (tertiary/aromatic N) is 3. The lowest BCUT2D eigenvalue weighted by molar-refractivity contribution is -0.125. The van der Waals surface area contributed by atoms with Crippen molar-refractivity contribution in [3.8, 4) is 0 Å². The van der Waals surface area contributed by atoms with Crippen molar-refractivity contribution in [3.63, 3.8) is 0 Å². The highest BCUT2D eigenvalue weighted by Crippen LogP contribution is 2.23. The molecule has 1 heterocycles. The van der Waals surface area contributed by atoms with E-state index >= 15 is 0 Å². The lowest BCUT2D eigenvalue weighted by Gasteiger charge is -2.38. The largest absolute Gasteiger partial charge is 0.368 e. The molecular formula is C21H25ClN4O2. The molecule has 2 aromatic carbocycles. The molecule has 28 heavy (non-hydrogen) atoms. The fourth-order valence-corrected chi connectivity index (χ4v) is 3.60.